The molecule has 0 amide bonds. The first-order chi connectivity index (χ1) is 8.15. The van der Waals surface area contributed by atoms with Crippen LogP contribution in [0.15, 0.2) is 47.6 Å². The van der Waals surface area contributed by atoms with Crippen molar-refractivity contribution in [3.05, 3.63) is 54.1 Å². The Labute approximate surface area is 101 Å². The molecular formula is C12H11FN2OS. The average Bonchev–Trinajstić information content (AvgIpc) is 2.29. The van der Waals surface area contributed by atoms with Gasteiger partial charge in [0, 0.05) is 23.0 Å². The third-order valence-corrected chi connectivity index (χ3v) is 3.53. The molecule has 2 rings (SSSR count). The topological polar surface area (TPSA) is 56.0 Å². The van der Waals surface area contributed by atoms with Crippen molar-refractivity contribution < 1.29 is 8.60 Å². The number of nitrogen functional groups attached to an aromatic ring is 1. The quantitative estimate of drug-likeness (QED) is 0.849. The lowest BCUT2D eigenvalue weighted by Crippen LogP contribution is -1.99. The molecule has 0 fully saturated rings. The lowest BCUT2D eigenvalue weighted by Gasteiger charge is -2.03. The Bertz CT molecular complexity index is 525. The van der Waals surface area contributed by atoms with Crippen LogP contribution in [-0.2, 0) is 16.6 Å². The van der Waals surface area contributed by atoms with Gasteiger partial charge in [0.05, 0.1) is 16.6 Å². The van der Waals surface area contributed by atoms with Crippen molar-refractivity contribution in [2.24, 2.45) is 0 Å². The number of nitrogens with zero attached hydrogens (tertiary/aromatic N) is 1. The van der Waals surface area contributed by atoms with Crippen LogP contribution < -0.4 is 5.73 Å². The number of halogens is 1. The monoisotopic (exact) mass is 250 g/mol. The van der Waals surface area contributed by atoms with E-state index in [2.05, 4.69) is 4.98 Å². The van der Waals surface area contributed by atoms with Gasteiger partial charge in [-0.05, 0) is 29.8 Å². The molecule has 0 aliphatic heterocycles. The van der Waals surface area contributed by atoms with Crippen molar-refractivity contribution >= 4 is 16.5 Å². The highest BCUT2D eigenvalue weighted by atomic mass is 32.2. The molecule has 0 saturated carbocycles. The zero-order valence-electron chi connectivity index (χ0n) is 8.97. The first-order valence-electron chi connectivity index (χ1n) is 4.98. The minimum Gasteiger partial charge on any atom is -0.399 e. The Kier molecular flexibility index (Phi) is 3.49. The SMILES string of the molecule is Nc1cc(F)cc(S(=O)Cc2cccnc2)c1. The predicted molar refractivity (Wildman–Crippen MR) is 65.2 cm³/mol. The van der Waals surface area contributed by atoms with Crippen LogP contribution in [0.3, 0.4) is 0 Å². The van der Waals surface area contributed by atoms with Gasteiger partial charge in [-0.2, -0.15) is 0 Å². The van der Waals surface area contributed by atoms with Crippen LogP contribution in [0.4, 0.5) is 10.1 Å². The van der Waals surface area contributed by atoms with Crippen molar-refractivity contribution in [2.75, 3.05) is 5.73 Å². The maximum atomic E-state index is 13.1. The summed E-state index contributed by atoms with van der Waals surface area (Å²) in [5, 5.41) is 0. The summed E-state index contributed by atoms with van der Waals surface area (Å²) in [6, 6.07) is 7.56. The number of benzene rings is 1. The molecule has 2 aromatic rings. The third-order valence-electron chi connectivity index (χ3n) is 2.18. The molecule has 1 atom stereocenters. The van der Waals surface area contributed by atoms with Crippen LogP contribution in [0, 0.1) is 5.82 Å². The van der Waals surface area contributed by atoms with Gasteiger partial charge in [-0.1, -0.05) is 6.07 Å². The van der Waals surface area contributed by atoms with Crippen molar-refractivity contribution in [3.63, 3.8) is 0 Å². The van der Waals surface area contributed by atoms with Gasteiger partial charge >= 0.3 is 0 Å². The van der Waals surface area contributed by atoms with E-state index in [1.807, 2.05) is 6.07 Å². The summed E-state index contributed by atoms with van der Waals surface area (Å²) in [5.74, 6) is -0.170. The Morgan fingerprint density at radius 3 is 2.82 bits per heavy atom. The largest absolute Gasteiger partial charge is 0.399 e. The molecule has 0 radical (unpaired) electrons. The fourth-order valence-corrected chi connectivity index (χ4v) is 2.59. The molecule has 88 valence electrons. The molecule has 1 aromatic carbocycles. The second-order valence-corrected chi connectivity index (χ2v) is 5.02. The number of rotatable bonds is 3. The van der Waals surface area contributed by atoms with Crippen molar-refractivity contribution in [3.8, 4) is 0 Å². The Morgan fingerprint density at radius 1 is 1.35 bits per heavy atom. The number of hydrogen-bond acceptors (Lipinski definition) is 3. The molecule has 1 unspecified atom stereocenters. The van der Waals surface area contributed by atoms with Crippen LogP contribution in [0.2, 0.25) is 0 Å². The summed E-state index contributed by atoms with van der Waals surface area (Å²) in [5.41, 5.74) is 6.62. The number of nitrogens with two attached hydrogens (primary N) is 1. The molecule has 1 aromatic heterocycles. The lowest BCUT2D eigenvalue weighted by molar-refractivity contribution is 0.623. The van der Waals surface area contributed by atoms with Gasteiger partial charge in [0.15, 0.2) is 0 Å². The average molecular weight is 250 g/mol. The fraction of sp³-hybridized carbons (Fsp3) is 0.0833. The van der Waals surface area contributed by atoms with Crippen molar-refractivity contribution in [1.29, 1.82) is 0 Å². The zero-order valence-corrected chi connectivity index (χ0v) is 9.78. The summed E-state index contributed by atoms with van der Waals surface area (Å²) >= 11 is 0. The van der Waals surface area contributed by atoms with E-state index >= 15 is 0 Å². The maximum Gasteiger partial charge on any atom is 0.126 e. The second kappa shape index (κ2) is 5.05. The van der Waals surface area contributed by atoms with E-state index in [0.29, 0.717) is 10.6 Å². The summed E-state index contributed by atoms with van der Waals surface area (Å²) in [4.78, 5) is 4.33. The third kappa shape index (κ3) is 3.10. The number of hydrogen-bond donors (Lipinski definition) is 1. The molecule has 17 heavy (non-hydrogen) atoms. The molecule has 3 nitrogen and oxygen atoms in total. The van der Waals surface area contributed by atoms with Crippen LogP contribution in [-0.4, -0.2) is 9.19 Å². The molecule has 0 aliphatic carbocycles. The molecule has 0 bridgehead atoms. The van der Waals surface area contributed by atoms with Gasteiger partial charge in [0.2, 0.25) is 0 Å². The Hall–Kier alpha value is -1.75. The smallest absolute Gasteiger partial charge is 0.126 e. The molecular weight excluding hydrogens is 239 g/mol. The van der Waals surface area contributed by atoms with Crippen molar-refractivity contribution in [1.82, 2.24) is 4.98 Å². The van der Waals surface area contributed by atoms with Crippen LogP contribution in [0.5, 0.6) is 0 Å². The second-order valence-electron chi connectivity index (χ2n) is 3.57. The number of pyridine rings is 1. The van der Waals surface area contributed by atoms with Gasteiger partial charge in [-0.15, -0.1) is 0 Å². The first-order valence-corrected chi connectivity index (χ1v) is 6.30. The molecule has 1 heterocycles. The zero-order chi connectivity index (χ0) is 12.3. The van der Waals surface area contributed by atoms with Crippen LogP contribution >= 0.6 is 0 Å². The molecule has 0 spiro atoms. The van der Waals surface area contributed by atoms with E-state index in [1.54, 1.807) is 18.5 Å². The Morgan fingerprint density at radius 2 is 2.18 bits per heavy atom. The summed E-state index contributed by atoms with van der Waals surface area (Å²) < 4.78 is 25.1. The predicted octanol–water partition coefficient (Wildman–Crippen LogP) is 2.11. The number of aromatic nitrogens is 1. The lowest BCUT2D eigenvalue weighted by atomic mass is 10.3. The van der Waals surface area contributed by atoms with Crippen LogP contribution in [0.25, 0.3) is 0 Å². The highest BCUT2D eigenvalue weighted by molar-refractivity contribution is 7.84. The Balaban J connectivity index is 2.20. The van der Waals surface area contributed by atoms with E-state index in [9.17, 15) is 8.60 Å². The normalized spacial score (nSPS) is 12.3. The summed E-state index contributed by atoms with van der Waals surface area (Å²) in [6.45, 7) is 0. The van der Waals surface area contributed by atoms with E-state index in [1.165, 1.54) is 18.2 Å². The van der Waals surface area contributed by atoms with Crippen molar-refractivity contribution in [2.45, 2.75) is 10.6 Å². The van der Waals surface area contributed by atoms with E-state index in [-0.39, 0.29) is 5.69 Å². The summed E-state index contributed by atoms with van der Waals surface area (Å²) in [7, 11) is -1.31. The van der Waals surface area contributed by atoms with Gasteiger partial charge in [0.1, 0.15) is 5.82 Å². The van der Waals surface area contributed by atoms with Gasteiger partial charge in [0.25, 0.3) is 0 Å². The highest BCUT2D eigenvalue weighted by Gasteiger charge is 2.07. The first kappa shape index (κ1) is 11.7. The van der Waals surface area contributed by atoms with E-state index in [4.69, 9.17) is 5.73 Å². The fourth-order valence-electron chi connectivity index (χ4n) is 1.43. The molecule has 0 aliphatic rings. The minimum absolute atomic E-state index is 0.277. The summed E-state index contributed by atoms with van der Waals surface area (Å²) in [6.07, 6.45) is 3.28. The molecule has 0 saturated heterocycles. The molecule has 5 heteroatoms. The highest BCUT2D eigenvalue weighted by Crippen LogP contribution is 2.16. The van der Waals surface area contributed by atoms with Gasteiger partial charge in [-0.25, -0.2) is 4.39 Å². The molecule has 2 N–H and O–H groups in total. The number of anilines is 1. The van der Waals surface area contributed by atoms with Gasteiger partial charge < -0.3 is 5.73 Å². The van der Waals surface area contributed by atoms with Crippen LogP contribution in [0.1, 0.15) is 5.56 Å². The van der Waals surface area contributed by atoms with Gasteiger partial charge in [-0.3, -0.25) is 9.19 Å². The minimum atomic E-state index is -1.31. The van der Waals surface area contributed by atoms with E-state index < -0.39 is 16.6 Å². The standard InChI is InChI=1S/C12H11FN2OS/c13-10-4-11(14)6-12(5-10)17(16)8-9-2-1-3-15-7-9/h1-7H,8,14H2. The maximum absolute atomic E-state index is 13.1. The van der Waals surface area contributed by atoms with E-state index in [0.717, 1.165) is 5.56 Å².